The number of carbonyl (C=O) groups excluding carboxylic acids is 2. The van der Waals surface area contributed by atoms with Crippen LogP contribution in [0.4, 0.5) is 20.6 Å². The van der Waals surface area contributed by atoms with Gasteiger partial charge in [0.1, 0.15) is 12.4 Å². The number of cyclic esters (lactones) is 1. The van der Waals surface area contributed by atoms with Gasteiger partial charge in [-0.15, -0.1) is 11.8 Å². The van der Waals surface area contributed by atoms with Gasteiger partial charge in [0.25, 0.3) is 0 Å². The van der Waals surface area contributed by atoms with Crippen molar-refractivity contribution >= 4 is 46.2 Å². The molecule has 1 saturated heterocycles. The van der Waals surface area contributed by atoms with Crippen LogP contribution in [0.15, 0.2) is 41.4 Å². The maximum absolute atomic E-state index is 14.5. The van der Waals surface area contributed by atoms with Crippen LogP contribution in [0.1, 0.15) is 18.4 Å². The summed E-state index contributed by atoms with van der Waals surface area (Å²) >= 11 is 1.48. The number of ether oxygens (including phenoxy) is 2. The van der Waals surface area contributed by atoms with Gasteiger partial charge in [-0.25, -0.2) is 19.2 Å². The summed E-state index contributed by atoms with van der Waals surface area (Å²) in [5.74, 6) is 0.316. The quantitative estimate of drug-likeness (QED) is 0.454. The molecule has 0 radical (unpaired) electrons. The lowest BCUT2D eigenvalue weighted by Gasteiger charge is -2.24. The highest BCUT2D eigenvalue weighted by Crippen LogP contribution is 2.36. The van der Waals surface area contributed by atoms with Crippen molar-refractivity contribution in [1.29, 1.82) is 0 Å². The summed E-state index contributed by atoms with van der Waals surface area (Å²) in [6.45, 7) is 1.29. The Morgan fingerprint density at radius 3 is 3.03 bits per heavy atom. The fraction of sp³-hybridized carbons (Fsp3) is 0.333. The van der Waals surface area contributed by atoms with Crippen molar-refractivity contribution in [2.45, 2.75) is 30.3 Å². The molecular formula is C24H24FN5O4S. The first-order valence-electron chi connectivity index (χ1n) is 11.2. The third-order valence-electron chi connectivity index (χ3n) is 5.94. The molecule has 182 valence electrons. The van der Waals surface area contributed by atoms with Gasteiger partial charge in [0, 0.05) is 28.8 Å². The van der Waals surface area contributed by atoms with Crippen LogP contribution in [0.25, 0.3) is 11.0 Å². The Bertz CT molecular complexity index is 1290. The molecule has 11 heteroatoms. The maximum Gasteiger partial charge on any atom is 0.414 e. The highest BCUT2D eigenvalue weighted by atomic mass is 32.2. The van der Waals surface area contributed by atoms with E-state index in [0.29, 0.717) is 65.7 Å². The number of hydrogen-bond acceptors (Lipinski definition) is 8. The van der Waals surface area contributed by atoms with Crippen LogP contribution >= 0.6 is 11.8 Å². The van der Waals surface area contributed by atoms with Crippen LogP contribution in [0.3, 0.4) is 0 Å². The van der Waals surface area contributed by atoms with E-state index in [4.69, 9.17) is 9.47 Å². The first kappa shape index (κ1) is 23.3. The van der Waals surface area contributed by atoms with Gasteiger partial charge in [-0.2, -0.15) is 0 Å². The third kappa shape index (κ3) is 5.01. The number of methoxy groups -OCH3 is 1. The standard InChI is InChI=1S/C24H24FN5O4S/c1-33-23-11-27-18-7-14(17(25)9-19(18)29-23)10-26-6-2-3-16-12-34-24(32)30(16)15-4-5-21-20(8-15)28-22(31)13-35-21/h4-5,7-9,11,16,26H,2-3,6,10,12-13H2,1H3,(H,28,31)/t16-/m0/s1. The Kier molecular flexibility index (Phi) is 6.69. The summed E-state index contributed by atoms with van der Waals surface area (Å²) in [7, 11) is 1.49. The highest BCUT2D eigenvalue weighted by molar-refractivity contribution is 8.00. The normalized spacial score (nSPS) is 17.3. The number of nitrogens with one attached hydrogen (secondary N) is 2. The molecule has 0 spiro atoms. The van der Waals surface area contributed by atoms with E-state index >= 15 is 0 Å². The van der Waals surface area contributed by atoms with Crippen molar-refractivity contribution in [2.75, 3.05) is 36.2 Å². The molecule has 1 fully saturated rings. The molecule has 35 heavy (non-hydrogen) atoms. The molecule has 0 aliphatic carbocycles. The molecule has 2 aliphatic heterocycles. The molecule has 2 aliphatic rings. The Labute approximate surface area is 205 Å². The third-order valence-corrected chi connectivity index (χ3v) is 7.01. The lowest BCUT2D eigenvalue weighted by molar-refractivity contribution is -0.113. The number of aromatic nitrogens is 2. The summed E-state index contributed by atoms with van der Waals surface area (Å²) in [5.41, 5.74) is 2.96. The summed E-state index contributed by atoms with van der Waals surface area (Å²) in [5, 5.41) is 6.11. The second-order valence-electron chi connectivity index (χ2n) is 8.28. The van der Waals surface area contributed by atoms with Gasteiger partial charge in [-0.05, 0) is 43.7 Å². The molecule has 0 bridgehead atoms. The van der Waals surface area contributed by atoms with Crippen LogP contribution in [-0.4, -0.2) is 54.0 Å². The van der Waals surface area contributed by atoms with Crippen LogP contribution in [0.2, 0.25) is 0 Å². The van der Waals surface area contributed by atoms with Crippen LogP contribution in [-0.2, 0) is 16.1 Å². The average Bonchev–Trinajstić information content (AvgIpc) is 3.23. The van der Waals surface area contributed by atoms with E-state index in [1.54, 1.807) is 11.0 Å². The lowest BCUT2D eigenvalue weighted by atomic mass is 10.1. The molecule has 9 nitrogen and oxygen atoms in total. The van der Waals surface area contributed by atoms with Gasteiger partial charge in [0.05, 0.1) is 41.8 Å². The Balaban J connectivity index is 1.17. The van der Waals surface area contributed by atoms with Gasteiger partial charge in [-0.1, -0.05) is 0 Å². The summed E-state index contributed by atoms with van der Waals surface area (Å²) in [6, 6.07) is 8.54. The summed E-state index contributed by atoms with van der Waals surface area (Å²) in [6.07, 6.45) is 2.58. The second kappa shape index (κ2) is 10.0. The van der Waals surface area contributed by atoms with E-state index in [-0.39, 0.29) is 17.8 Å². The molecule has 1 atom stereocenters. The van der Waals surface area contributed by atoms with Crippen LogP contribution in [0, 0.1) is 5.82 Å². The Morgan fingerprint density at radius 1 is 1.29 bits per heavy atom. The number of nitrogens with zero attached hydrogens (tertiary/aromatic N) is 3. The number of halogens is 1. The predicted octanol–water partition coefficient (Wildman–Crippen LogP) is 3.72. The van der Waals surface area contributed by atoms with Gasteiger partial charge in [0.15, 0.2) is 0 Å². The number of anilines is 2. The van der Waals surface area contributed by atoms with E-state index < -0.39 is 6.09 Å². The minimum atomic E-state index is -0.395. The van der Waals surface area contributed by atoms with Gasteiger partial charge in [0.2, 0.25) is 11.8 Å². The summed E-state index contributed by atoms with van der Waals surface area (Å²) in [4.78, 5) is 35.2. The summed E-state index contributed by atoms with van der Waals surface area (Å²) < 4.78 is 24.8. The SMILES string of the molecule is COc1cnc2cc(CNCCC[C@H]3COC(=O)N3c3ccc4c(c3)NC(=O)CS4)c(F)cc2n1. The van der Waals surface area contributed by atoms with Crippen LogP contribution < -0.4 is 20.3 Å². The second-order valence-corrected chi connectivity index (χ2v) is 9.30. The number of thioether (sulfide) groups is 1. The number of hydrogen-bond donors (Lipinski definition) is 2. The van der Waals surface area contributed by atoms with Crippen molar-refractivity contribution in [3.63, 3.8) is 0 Å². The number of rotatable bonds is 8. The minimum Gasteiger partial charge on any atom is -0.480 e. The molecule has 0 saturated carbocycles. The zero-order valence-corrected chi connectivity index (χ0v) is 19.9. The van der Waals surface area contributed by atoms with Crippen molar-refractivity contribution in [2.24, 2.45) is 0 Å². The molecule has 1 aromatic heterocycles. The molecule has 2 aromatic carbocycles. The average molecular weight is 498 g/mol. The first-order valence-corrected chi connectivity index (χ1v) is 12.2. The molecule has 2 amide bonds. The Morgan fingerprint density at radius 2 is 2.17 bits per heavy atom. The van der Waals surface area contributed by atoms with Crippen LogP contribution in [0.5, 0.6) is 5.88 Å². The highest BCUT2D eigenvalue weighted by Gasteiger charge is 2.34. The molecule has 2 N–H and O–H groups in total. The number of amides is 2. The van der Waals surface area contributed by atoms with Crippen molar-refractivity contribution < 1.29 is 23.5 Å². The molecule has 3 aromatic rings. The molecule has 0 unspecified atom stereocenters. The largest absolute Gasteiger partial charge is 0.480 e. The monoisotopic (exact) mass is 497 g/mol. The van der Waals surface area contributed by atoms with E-state index in [0.717, 1.165) is 11.3 Å². The van der Waals surface area contributed by atoms with Gasteiger partial charge < -0.3 is 20.1 Å². The number of benzene rings is 2. The smallest absolute Gasteiger partial charge is 0.414 e. The van der Waals surface area contributed by atoms with E-state index in [1.807, 2.05) is 18.2 Å². The molecule has 3 heterocycles. The first-order chi connectivity index (χ1) is 17.0. The number of fused-ring (bicyclic) bond motifs is 2. The Hall–Kier alpha value is -3.44. The van der Waals surface area contributed by atoms with Gasteiger partial charge in [-0.3, -0.25) is 9.69 Å². The number of carbonyl (C=O) groups is 2. The van der Waals surface area contributed by atoms with E-state index in [1.165, 1.54) is 31.1 Å². The molecular weight excluding hydrogens is 473 g/mol. The zero-order chi connectivity index (χ0) is 24.4. The predicted molar refractivity (Wildman–Crippen MR) is 130 cm³/mol. The van der Waals surface area contributed by atoms with E-state index in [2.05, 4.69) is 20.6 Å². The topological polar surface area (TPSA) is 106 Å². The fourth-order valence-electron chi connectivity index (χ4n) is 4.19. The van der Waals surface area contributed by atoms with E-state index in [9.17, 15) is 14.0 Å². The fourth-order valence-corrected chi connectivity index (χ4v) is 4.98. The van der Waals surface area contributed by atoms with Gasteiger partial charge >= 0.3 is 6.09 Å². The maximum atomic E-state index is 14.5. The minimum absolute atomic E-state index is 0.0547. The molecule has 5 rings (SSSR count). The van der Waals surface area contributed by atoms with Crippen molar-refractivity contribution in [1.82, 2.24) is 15.3 Å². The van der Waals surface area contributed by atoms with Crippen molar-refractivity contribution in [3.8, 4) is 5.88 Å². The van der Waals surface area contributed by atoms with Crippen molar-refractivity contribution in [3.05, 3.63) is 47.9 Å². The zero-order valence-electron chi connectivity index (χ0n) is 19.0. The lowest BCUT2D eigenvalue weighted by Crippen LogP contribution is -2.34.